The van der Waals surface area contributed by atoms with Gasteiger partial charge in [0.25, 0.3) is 0 Å². The summed E-state index contributed by atoms with van der Waals surface area (Å²) in [6.45, 7) is 11.3. The fourth-order valence-electron chi connectivity index (χ4n) is 4.78. The van der Waals surface area contributed by atoms with E-state index in [2.05, 4.69) is 0 Å². The van der Waals surface area contributed by atoms with Gasteiger partial charge in [0.2, 0.25) is 0 Å². The third kappa shape index (κ3) is 3.39. The van der Waals surface area contributed by atoms with Gasteiger partial charge in [-0.25, -0.2) is 9.59 Å². The maximum Gasteiger partial charge on any atom is 0.336 e. The Kier molecular flexibility index (Phi) is 5.53. The van der Waals surface area contributed by atoms with Crippen LogP contribution in [0.4, 0.5) is 0 Å². The summed E-state index contributed by atoms with van der Waals surface area (Å²) in [7, 11) is 0. The van der Waals surface area contributed by atoms with Crippen LogP contribution in [0.25, 0.3) is 22.3 Å². The van der Waals surface area contributed by atoms with Gasteiger partial charge in [0.1, 0.15) is 0 Å². The highest BCUT2D eigenvalue weighted by Crippen LogP contribution is 2.41. The van der Waals surface area contributed by atoms with E-state index in [0.29, 0.717) is 22.3 Å². The highest BCUT2D eigenvalue weighted by Gasteiger charge is 2.22. The first-order chi connectivity index (χ1) is 14.1. The molecule has 3 rings (SSSR count). The Morgan fingerprint density at radius 1 is 0.600 bits per heavy atom. The third-order valence-corrected chi connectivity index (χ3v) is 5.84. The molecule has 0 unspecified atom stereocenters. The Hall–Kier alpha value is -3.40. The van der Waals surface area contributed by atoms with E-state index >= 15 is 0 Å². The number of aromatic carboxylic acids is 2. The zero-order valence-electron chi connectivity index (χ0n) is 18.2. The molecule has 154 valence electrons. The van der Waals surface area contributed by atoms with E-state index in [9.17, 15) is 19.8 Å². The lowest BCUT2D eigenvalue weighted by atomic mass is 9.82. The highest BCUT2D eigenvalue weighted by molar-refractivity contribution is 5.99. The van der Waals surface area contributed by atoms with Crippen LogP contribution >= 0.6 is 0 Å². The normalized spacial score (nSPS) is 10.9. The summed E-state index contributed by atoms with van der Waals surface area (Å²) in [6, 6.07) is 11.6. The number of hydrogen-bond acceptors (Lipinski definition) is 2. The number of hydrogen-bond donors (Lipinski definition) is 2. The maximum absolute atomic E-state index is 11.9. The second kappa shape index (κ2) is 7.79. The quantitative estimate of drug-likeness (QED) is 0.539. The van der Waals surface area contributed by atoms with Gasteiger partial charge in [0.05, 0.1) is 11.1 Å². The maximum atomic E-state index is 11.9. The molecule has 4 nitrogen and oxygen atoms in total. The van der Waals surface area contributed by atoms with Crippen LogP contribution in [-0.4, -0.2) is 22.2 Å². The van der Waals surface area contributed by atoms with Gasteiger partial charge >= 0.3 is 11.9 Å². The number of carbonyl (C=O) groups is 2. The Balaban J connectivity index is 2.43. The van der Waals surface area contributed by atoms with Crippen LogP contribution in [0.5, 0.6) is 0 Å². The van der Waals surface area contributed by atoms with Crippen LogP contribution in [-0.2, 0) is 0 Å². The summed E-state index contributed by atoms with van der Waals surface area (Å²) in [4.78, 5) is 23.8. The van der Waals surface area contributed by atoms with E-state index in [1.54, 1.807) is 0 Å². The molecule has 0 saturated carbocycles. The lowest BCUT2D eigenvalue weighted by Crippen LogP contribution is -2.08. The molecule has 3 aromatic rings. The first-order valence-corrected chi connectivity index (χ1v) is 9.84. The second-order valence-corrected chi connectivity index (χ2v) is 7.93. The van der Waals surface area contributed by atoms with Crippen LogP contribution in [0.1, 0.15) is 54.1 Å². The Bertz CT molecular complexity index is 1110. The number of aryl methyl sites for hydroxylation is 4. The van der Waals surface area contributed by atoms with E-state index in [4.69, 9.17) is 0 Å². The van der Waals surface area contributed by atoms with Crippen molar-refractivity contribution >= 4 is 11.9 Å². The van der Waals surface area contributed by atoms with Crippen molar-refractivity contribution in [1.82, 2.24) is 0 Å². The molecule has 3 aromatic carbocycles. The van der Waals surface area contributed by atoms with E-state index in [1.807, 2.05) is 77.9 Å². The summed E-state index contributed by atoms with van der Waals surface area (Å²) in [5, 5.41) is 19.5. The summed E-state index contributed by atoms with van der Waals surface area (Å²) in [6.07, 6.45) is 0. The first kappa shape index (κ1) is 21.3. The topological polar surface area (TPSA) is 74.6 Å². The molecule has 2 N–H and O–H groups in total. The first-order valence-electron chi connectivity index (χ1n) is 9.84. The minimum atomic E-state index is -0.945. The summed E-state index contributed by atoms with van der Waals surface area (Å²) >= 11 is 0. The molecule has 0 saturated heterocycles. The highest BCUT2D eigenvalue weighted by atomic mass is 16.4. The third-order valence-electron chi connectivity index (χ3n) is 5.84. The predicted octanol–water partition coefficient (Wildman–Crippen LogP) is 6.27. The van der Waals surface area contributed by atoms with Gasteiger partial charge in [-0.15, -0.1) is 0 Å². The largest absolute Gasteiger partial charge is 0.478 e. The average Bonchev–Trinajstić information content (AvgIpc) is 2.61. The van der Waals surface area contributed by atoms with Gasteiger partial charge in [-0.2, -0.15) is 0 Å². The molecule has 0 aliphatic heterocycles. The summed E-state index contributed by atoms with van der Waals surface area (Å²) in [5.41, 5.74) is 9.07. The Labute approximate surface area is 176 Å². The molecule has 0 amide bonds. The van der Waals surface area contributed by atoms with Gasteiger partial charge in [-0.1, -0.05) is 36.4 Å². The summed E-state index contributed by atoms with van der Waals surface area (Å²) < 4.78 is 0. The number of carboxylic acids is 2. The average molecular weight is 402 g/mol. The molecule has 0 aromatic heterocycles. The fraction of sp³-hybridized carbons (Fsp3) is 0.231. The zero-order chi connectivity index (χ0) is 22.3. The monoisotopic (exact) mass is 402 g/mol. The molecule has 0 fully saturated rings. The van der Waals surface area contributed by atoms with E-state index in [1.165, 1.54) is 0 Å². The fourth-order valence-corrected chi connectivity index (χ4v) is 4.78. The molecule has 0 spiro atoms. The van der Waals surface area contributed by atoms with Crippen molar-refractivity contribution < 1.29 is 19.8 Å². The Morgan fingerprint density at radius 2 is 0.933 bits per heavy atom. The Morgan fingerprint density at radius 3 is 1.23 bits per heavy atom. The number of rotatable bonds is 4. The van der Waals surface area contributed by atoms with Crippen molar-refractivity contribution in [1.29, 1.82) is 0 Å². The van der Waals surface area contributed by atoms with Crippen LogP contribution in [0.2, 0.25) is 0 Å². The van der Waals surface area contributed by atoms with Gasteiger partial charge in [-0.05, 0) is 97.2 Å². The summed E-state index contributed by atoms with van der Waals surface area (Å²) in [5.74, 6) is -1.89. The van der Waals surface area contributed by atoms with Crippen molar-refractivity contribution in [2.75, 3.05) is 0 Å². The number of benzene rings is 3. The minimum absolute atomic E-state index is 0.314. The second-order valence-electron chi connectivity index (χ2n) is 7.93. The van der Waals surface area contributed by atoms with Crippen LogP contribution in [0.15, 0.2) is 36.4 Å². The molecule has 0 atom stereocenters. The minimum Gasteiger partial charge on any atom is -0.478 e. The van der Waals surface area contributed by atoms with Crippen molar-refractivity contribution in [3.63, 3.8) is 0 Å². The van der Waals surface area contributed by atoms with Gasteiger partial charge < -0.3 is 10.2 Å². The van der Waals surface area contributed by atoms with E-state index in [-0.39, 0.29) is 0 Å². The molecular formula is C26H26O4. The molecule has 4 heteroatoms. The van der Waals surface area contributed by atoms with Crippen molar-refractivity contribution in [2.24, 2.45) is 0 Å². The van der Waals surface area contributed by atoms with E-state index in [0.717, 1.165) is 44.5 Å². The molecule has 0 radical (unpaired) electrons. The standard InChI is InChI=1S/C26H26O4/c1-13-11-15(3)23(25(27)28)17(5)21(13)19-9-7-8-10-20(19)22-14(2)12-16(4)24(18(22)6)26(29)30/h7-12H,1-6H3,(H,27,28)(H,29,30). The van der Waals surface area contributed by atoms with Crippen LogP contribution < -0.4 is 0 Å². The molecule has 0 heterocycles. The van der Waals surface area contributed by atoms with E-state index < -0.39 is 11.9 Å². The zero-order valence-corrected chi connectivity index (χ0v) is 18.2. The lowest BCUT2D eigenvalue weighted by molar-refractivity contribution is 0.0684. The van der Waals surface area contributed by atoms with Crippen molar-refractivity contribution in [2.45, 2.75) is 41.5 Å². The van der Waals surface area contributed by atoms with Crippen molar-refractivity contribution in [3.8, 4) is 22.3 Å². The van der Waals surface area contributed by atoms with Gasteiger partial charge in [0, 0.05) is 0 Å². The molecule has 0 aliphatic carbocycles. The SMILES string of the molecule is Cc1cc(C)c(-c2ccccc2-c2c(C)cc(C)c(C(=O)O)c2C)c(C)c1C(=O)O. The van der Waals surface area contributed by atoms with Crippen LogP contribution in [0, 0.1) is 41.5 Å². The molecular weight excluding hydrogens is 376 g/mol. The molecule has 0 bridgehead atoms. The van der Waals surface area contributed by atoms with Gasteiger partial charge in [-0.3, -0.25) is 0 Å². The van der Waals surface area contributed by atoms with Crippen LogP contribution in [0.3, 0.4) is 0 Å². The molecule has 0 aliphatic rings. The smallest absolute Gasteiger partial charge is 0.336 e. The number of carboxylic acid groups (broad SMARTS) is 2. The lowest BCUT2D eigenvalue weighted by Gasteiger charge is -2.21. The van der Waals surface area contributed by atoms with Crippen molar-refractivity contribution in [3.05, 3.63) is 80.9 Å². The van der Waals surface area contributed by atoms with Gasteiger partial charge in [0.15, 0.2) is 0 Å². The molecule has 30 heavy (non-hydrogen) atoms. The predicted molar refractivity (Wildman–Crippen MR) is 120 cm³/mol.